The summed E-state index contributed by atoms with van der Waals surface area (Å²) in [5.41, 5.74) is 0.561. The number of nitrogens with zero attached hydrogens (tertiary/aromatic N) is 3. The van der Waals surface area contributed by atoms with Crippen LogP contribution in [-0.4, -0.2) is 20.5 Å². The fourth-order valence-corrected chi connectivity index (χ4v) is 2.47. The van der Waals surface area contributed by atoms with E-state index in [2.05, 4.69) is 15.4 Å². The highest BCUT2D eigenvalue weighted by atomic mass is 19.4. The van der Waals surface area contributed by atoms with Crippen LogP contribution in [0, 0.1) is 6.92 Å². The van der Waals surface area contributed by atoms with Gasteiger partial charge in [0.25, 0.3) is 0 Å². The fraction of sp³-hybridized carbons (Fsp3) is 0.188. The zero-order chi connectivity index (χ0) is 17.5. The number of rotatable bonds is 2. The van der Waals surface area contributed by atoms with E-state index in [-0.39, 0.29) is 22.8 Å². The Morgan fingerprint density at radius 2 is 1.92 bits per heavy atom. The Morgan fingerprint density at radius 1 is 1.21 bits per heavy atom. The van der Waals surface area contributed by atoms with Gasteiger partial charge in [-0.1, -0.05) is 18.2 Å². The highest BCUT2D eigenvalue weighted by Crippen LogP contribution is 2.36. The second kappa shape index (κ2) is 5.63. The molecule has 1 N–H and O–H groups in total. The zero-order valence-electron chi connectivity index (χ0n) is 12.8. The van der Waals surface area contributed by atoms with Gasteiger partial charge in [-0.05, 0) is 19.1 Å². The lowest BCUT2D eigenvalue weighted by atomic mass is 10.0. The van der Waals surface area contributed by atoms with Crippen LogP contribution in [-0.2, 0) is 11.0 Å². The number of amides is 1. The Labute approximate surface area is 135 Å². The third kappa shape index (κ3) is 2.82. The van der Waals surface area contributed by atoms with Gasteiger partial charge in [0.2, 0.25) is 5.91 Å². The second-order valence-electron chi connectivity index (χ2n) is 5.27. The maximum atomic E-state index is 13.2. The standard InChI is InChI=1S/C16H13F3N4O/c1-9-14(20-10(2)24)15-21-13(7-8-23(15)22-9)11-5-3-4-6-12(11)16(17,18)19/h3-8H,1-2H3,(H,20,24). The number of halogens is 3. The number of alkyl halides is 3. The fourth-order valence-electron chi connectivity index (χ4n) is 2.47. The first kappa shape index (κ1) is 16.0. The molecule has 5 nitrogen and oxygen atoms in total. The Bertz CT molecular complexity index is 931. The first-order valence-electron chi connectivity index (χ1n) is 7.07. The highest BCUT2D eigenvalue weighted by molar-refractivity contribution is 5.93. The van der Waals surface area contributed by atoms with Crippen LogP contribution in [0.25, 0.3) is 16.9 Å². The van der Waals surface area contributed by atoms with Gasteiger partial charge in [-0.15, -0.1) is 0 Å². The van der Waals surface area contributed by atoms with Gasteiger partial charge >= 0.3 is 6.18 Å². The number of nitrogens with one attached hydrogen (secondary N) is 1. The molecule has 0 spiro atoms. The number of aryl methyl sites for hydroxylation is 1. The number of aromatic nitrogens is 3. The smallest absolute Gasteiger partial charge is 0.322 e. The summed E-state index contributed by atoms with van der Waals surface area (Å²) in [6, 6.07) is 6.69. The number of hydrogen-bond donors (Lipinski definition) is 1. The number of anilines is 1. The molecule has 0 atom stereocenters. The average Bonchev–Trinajstić information content (AvgIpc) is 2.81. The molecule has 3 rings (SSSR count). The molecule has 3 aromatic rings. The third-order valence-corrected chi connectivity index (χ3v) is 3.47. The van der Waals surface area contributed by atoms with Crippen molar-refractivity contribution in [2.75, 3.05) is 5.32 Å². The molecule has 0 fully saturated rings. The van der Waals surface area contributed by atoms with Crippen molar-refractivity contribution in [2.45, 2.75) is 20.0 Å². The lowest BCUT2D eigenvalue weighted by molar-refractivity contribution is -0.137. The van der Waals surface area contributed by atoms with Crippen molar-refractivity contribution in [3.63, 3.8) is 0 Å². The molecule has 0 aliphatic heterocycles. The second-order valence-corrected chi connectivity index (χ2v) is 5.27. The van der Waals surface area contributed by atoms with Crippen molar-refractivity contribution in [1.82, 2.24) is 14.6 Å². The summed E-state index contributed by atoms with van der Waals surface area (Å²) in [6.07, 6.45) is -2.97. The van der Waals surface area contributed by atoms with E-state index < -0.39 is 11.7 Å². The molecule has 0 saturated heterocycles. The summed E-state index contributed by atoms with van der Waals surface area (Å²) in [5, 5.41) is 6.80. The van der Waals surface area contributed by atoms with Crippen molar-refractivity contribution in [1.29, 1.82) is 0 Å². The molecule has 1 amide bonds. The molecular weight excluding hydrogens is 321 g/mol. The third-order valence-electron chi connectivity index (χ3n) is 3.47. The van der Waals surface area contributed by atoms with E-state index in [1.807, 2.05) is 0 Å². The van der Waals surface area contributed by atoms with Crippen molar-refractivity contribution < 1.29 is 18.0 Å². The van der Waals surface area contributed by atoms with Crippen molar-refractivity contribution in [2.24, 2.45) is 0 Å². The van der Waals surface area contributed by atoms with Crippen LogP contribution < -0.4 is 5.32 Å². The molecule has 0 saturated carbocycles. The average molecular weight is 334 g/mol. The molecule has 24 heavy (non-hydrogen) atoms. The number of benzene rings is 1. The number of carbonyl (C=O) groups is 1. The molecular formula is C16H13F3N4O. The van der Waals surface area contributed by atoms with Gasteiger partial charge in [-0.25, -0.2) is 9.50 Å². The maximum Gasteiger partial charge on any atom is 0.417 e. The highest BCUT2D eigenvalue weighted by Gasteiger charge is 2.33. The topological polar surface area (TPSA) is 59.3 Å². The molecule has 2 heterocycles. The summed E-state index contributed by atoms with van der Waals surface area (Å²) in [6.45, 7) is 3.02. The largest absolute Gasteiger partial charge is 0.417 e. The normalized spacial score (nSPS) is 11.7. The first-order valence-corrected chi connectivity index (χ1v) is 7.07. The van der Waals surface area contributed by atoms with Gasteiger partial charge in [0.15, 0.2) is 5.65 Å². The zero-order valence-corrected chi connectivity index (χ0v) is 12.8. The molecule has 0 aliphatic rings. The molecule has 2 aromatic heterocycles. The van der Waals surface area contributed by atoms with Crippen LogP contribution in [0.15, 0.2) is 36.5 Å². The Morgan fingerprint density at radius 3 is 2.58 bits per heavy atom. The van der Waals surface area contributed by atoms with E-state index >= 15 is 0 Å². The lowest BCUT2D eigenvalue weighted by Gasteiger charge is -2.12. The summed E-state index contributed by atoms with van der Waals surface area (Å²) in [5.74, 6) is -0.309. The summed E-state index contributed by atoms with van der Waals surface area (Å²) in [7, 11) is 0. The monoisotopic (exact) mass is 334 g/mol. The summed E-state index contributed by atoms with van der Waals surface area (Å²) < 4.78 is 41.0. The molecule has 0 unspecified atom stereocenters. The van der Waals surface area contributed by atoms with Gasteiger partial charge in [0.1, 0.15) is 5.69 Å². The van der Waals surface area contributed by atoms with Crippen molar-refractivity contribution in [3.8, 4) is 11.3 Å². The molecule has 124 valence electrons. The number of hydrogen-bond acceptors (Lipinski definition) is 3. The SMILES string of the molecule is CC(=O)Nc1c(C)nn2ccc(-c3ccccc3C(F)(F)F)nc12. The van der Waals surface area contributed by atoms with Crippen molar-refractivity contribution >= 4 is 17.2 Å². The van der Waals surface area contributed by atoms with E-state index in [1.165, 1.54) is 41.9 Å². The van der Waals surface area contributed by atoms with Crippen molar-refractivity contribution in [3.05, 3.63) is 47.8 Å². The van der Waals surface area contributed by atoms with Crippen LogP contribution in [0.5, 0.6) is 0 Å². The Hall–Kier alpha value is -2.90. The van der Waals surface area contributed by atoms with Gasteiger partial charge in [0, 0.05) is 18.7 Å². The summed E-state index contributed by atoms with van der Waals surface area (Å²) in [4.78, 5) is 15.6. The van der Waals surface area contributed by atoms with E-state index in [0.29, 0.717) is 11.4 Å². The lowest BCUT2D eigenvalue weighted by Crippen LogP contribution is -2.08. The minimum atomic E-state index is -4.49. The Kier molecular flexibility index (Phi) is 3.75. The quantitative estimate of drug-likeness (QED) is 0.778. The number of fused-ring (bicyclic) bond motifs is 1. The van der Waals surface area contributed by atoms with Gasteiger partial charge in [0.05, 0.1) is 17.0 Å². The van der Waals surface area contributed by atoms with Crippen LogP contribution in [0.4, 0.5) is 18.9 Å². The minimum Gasteiger partial charge on any atom is -0.322 e. The van der Waals surface area contributed by atoms with E-state index in [4.69, 9.17) is 0 Å². The van der Waals surface area contributed by atoms with Crippen LogP contribution in [0.3, 0.4) is 0 Å². The van der Waals surface area contributed by atoms with E-state index in [9.17, 15) is 18.0 Å². The van der Waals surface area contributed by atoms with E-state index in [0.717, 1.165) is 6.07 Å². The predicted octanol–water partition coefficient (Wildman–Crippen LogP) is 3.68. The van der Waals surface area contributed by atoms with Gasteiger partial charge < -0.3 is 5.32 Å². The molecule has 0 bridgehead atoms. The maximum absolute atomic E-state index is 13.2. The number of carbonyl (C=O) groups excluding carboxylic acids is 1. The first-order chi connectivity index (χ1) is 11.3. The van der Waals surface area contributed by atoms with Gasteiger partial charge in [-0.2, -0.15) is 18.3 Å². The Balaban J connectivity index is 2.21. The molecule has 0 radical (unpaired) electrons. The van der Waals surface area contributed by atoms with Gasteiger partial charge in [-0.3, -0.25) is 4.79 Å². The minimum absolute atomic E-state index is 0.0277. The summed E-state index contributed by atoms with van der Waals surface area (Å²) >= 11 is 0. The van der Waals surface area contributed by atoms with E-state index in [1.54, 1.807) is 6.92 Å². The molecule has 1 aromatic carbocycles. The molecule has 8 heteroatoms. The van der Waals surface area contributed by atoms with Crippen LogP contribution in [0.1, 0.15) is 18.2 Å². The van der Waals surface area contributed by atoms with Crippen LogP contribution in [0.2, 0.25) is 0 Å². The molecule has 0 aliphatic carbocycles. The predicted molar refractivity (Wildman–Crippen MR) is 82.5 cm³/mol. The van der Waals surface area contributed by atoms with Crippen LogP contribution >= 0.6 is 0 Å².